The van der Waals surface area contributed by atoms with Gasteiger partial charge in [0.05, 0.1) is 6.61 Å². The molecular weight excluding hydrogens is 232 g/mol. The Morgan fingerprint density at radius 1 is 1.28 bits per heavy atom. The van der Waals surface area contributed by atoms with Gasteiger partial charge in [0, 0.05) is 13.7 Å². The molecule has 0 aliphatic heterocycles. The summed E-state index contributed by atoms with van der Waals surface area (Å²) in [6, 6.07) is 0. The summed E-state index contributed by atoms with van der Waals surface area (Å²) in [5.74, 6) is 1.60. The molecular formula is C12H22N4O2. The Kier molecular flexibility index (Phi) is 6.21. The van der Waals surface area contributed by atoms with E-state index in [1.807, 2.05) is 6.92 Å². The molecule has 0 saturated heterocycles. The van der Waals surface area contributed by atoms with Gasteiger partial charge in [0.15, 0.2) is 11.6 Å². The monoisotopic (exact) mass is 254 g/mol. The number of anilines is 2. The molecule has 6 heteroatoms. The highest BCUT2D eigenvalue weighted by molar-refractivity contribution is 5.66. The van der Waals surface area contributed by atoms with E-state index in [2.05, 4.69) is 22.2 Å². The summed E-state index contributed by atoms with van der Waals surface area (Å²) in [5, 5.41) is 3.20. The van der Waals surface area contributed by atoms with Crippen molar-refractivity contribution < 1.29 is 9.47 Å². The number of hydrogen-bond acceptors (Lipinski definition) is 6. The first-order valence-corrected chi connectivity index (χ1v) is 6.24. The van der Waals surface area contributed by atoms with Crippen LogP contribution in [0.2, 0.25) is 0 Å². The normalized spacial score (nSPS) is 10.4. The van der Waals surface area contributed by atoms with E-state index >= 15 is 0 Å². The molecule has 0 bridgehead atoms. The Morgan fingerprint density at radius 2 is 2.06 bits per heavy atom. The van der Waals surface area contributed by atoms with Gasteiger partial charge >= 0.3 is 0 Å². The molecule has 0 radical (unpaired) electrons. The van der Waals surface area contributed by atoms with E-state index in [1.165, 1.54) is 0 Å². The maximum atomic E-state index is 5.96. The van der Waals surface area contributed by atoms with Crippen LogP contribution in [0, 0.1) is 0 Å². The summed E-state index contributed by atoms with van der Waals surface area (Å²) in [6.45, 7) is 5.70. The molecule has 6 nitrogen and oxygen atoms in total. The summed E-state index contributed by atoms with van der Waals surface area (Å²) in [6.07, 6.45) is 2.17. The van der Waals surface area contributed by atoms with Crippen molar-refractivity contribution in [3.8, 4) is 5.88 Å². The highest BCUT2D eigenvalue weighted by atomic mass is 16.5. The fraction of sp³-hybridized carbons (Fsp3) is 0.667. The van der Waals surface area contributed by atoms with E-state index in [-0.39, 0.29) is 0 Å². The van der Waals surface area contributed by atoms with Gasteiger partial charge in [-0.05, 0) is 13.3 Å². The lowest BCUT2D eigenvalue weighted by molar-refractivity contribution is 0.176. The third-order valence-electron chi connectivity index (χ3n) is 2.33. The van der Waals surface area contributed by atoms with E-state index in [0.717, 1.165) is 19.4 Å². The Morgan fingerprint density at radius 3 is 2.67 bits per heavy atom. The number of ether oxygens (including phenoxy) is 2. The van der Waals surface area contributed by atoms with Gasteiger partial charge in [-0.25, -0.2) is 4.98 Å². The Labute approximate surface area is 108 Å². The van der Waals surface area contributed by atoms with Crippen LogP contribution in [-0.4, -0.2) is 30.2 Å². The van der Waals surface area contributed by atoms with Crippen LogP contribution in [0.5, 0.6) is 5.88 Å². The summed E-state index contributed by atoms with van der Waals surface area (Å²) in [4.78, 5) is 8.54. The number of nitrogen functional groups attached to an aromatic ring is 1. The molecule has 1 rings (SSSR count). The topological polar surface area (TPSA) is 82.3 Å². The van der Waals surface area contributed by atoms with Crippen LogP contribution in [0.1, 0.15) is 32.5 Å². The molecule has 0 aromatic carbocycles. The summed E-state index contributed by atoms with van der Waals surface area (Å²) in [7, 11) is 1.60. The van der Waals surface area contributed by atoms with Gasteiger partial charge in [-0.3, -0.25) is 0 Å². The van der Waals surface area contributed by atoms with Crippen molar-refractivity contribution in [2.75, 3.05) is 31.3 Å². The van der Waals surface area contributed by atoms with Crippen molar-refractivity contribution in [2.45, 2.75) is 33.3 Å². The number of nitrogens with two attached hydrogens (primary N) is 1. The molecule has 0 amide bonds. The van der Waals surface area contributed by atoms with E-state index in [1.54, 1.807) is 7.11 Å². The lowest BCUT2D eigenvalue weighted by Crippen LogP contribution is -2.12. The van der Waals surface area contributed by atoms with Crippen LogP contribution in [0.4, 0.5) is 11.5 Å². The lowest BCUT2D eigenvalue weighted by atomic mass is 10.3. The van der Waals surface area contributed by atoms with Crippen molar-refractivity contribution in [1.29, 1.82) is 0 Å². The third-order valence-corrected chi connectivity index (χ3v) is 2.33. The fourth-order valence-corrected chi connectivity index (χ4v) is 1.45. The van der Waals surface area contributed by atoms with Crippen molar-refractivity contribution in [3.63, 3.8) is 0 Å². The number of unbranched alkanes of at least 4 members (excludes halogenated alkanes) is 1. The zero-order chi connectivity index (χ0) is 13.4. The van der Waals surface area contributed by atoms with Crippen LogP contribution < -0.4 is 15.8 Å². The smallest absolute Gasteiger partial charge is 0.242 e. The number of aromatic nitrogens is 2. The Bertz CT molecular complexity index is 371. The Hall–Kier alpha value is -1.56. The quantitative estimate of drug-likeness (QED) is 0.688. The zero-order valence-corrected chi connectivity index (χ0v) is 11.3. The highest BCUT2D eigenvalue weighted by Gasteiger charge is 2.12. The van der Waals surface area contributed by atoms with Gasteiger partial charge < -0.3 is 20.5 Å². The average molecular weight is 254 g/mol. The van der Waals surface area contributed by atoms with E-state index in [0.29, 0.717) is 36.4 Å². The van der Waals surface area contributed by atoms with E-state index < -0.39 is 0 Å². The molecule has 0 aliphatic rings. The molecule has 0 saturated carbocycles. The van der Waals surface area contributed by atoms with Gasteiger partial charge in [0.2, 0.25) is 5.88 Å². The first-order valence-electron chi connectivity index (χ1n) is 6.24. The first-order chi connectivity index (χ1) is 8.72. The minimum Gasteiger partial charge on any atom is -0.476 e. The predicted octanol–water partition coefficient (Wildman–Crippen LogP) is 1.82. The molecule has 3 N–H and O–H groups in total. The molecule has 0 unspecified atom stereocenters. The van der Waals surface area contributed by atoms with Crippen LogP contribution in [-0.2, 0) is 11.3 Å². The molecule has 1 aromatic heterocycles. The van der Waals surface area contributed by atoms with Gasteiger partial charge in [-0.1, -0.05) is 13.3 Å². The zero-order valence-electron chi connectivity index (χ0n) is 11.3. The highest BCUT2D eigenvalue weighted by Crippen LogP contribution is 2.26. The van der Waals surface area contributed by atoms with Crippen molar-refractivity contribution in [2.24, 2.45) is 0 Å². The van der Waals surface area contributed by atoms with E-state index in [9.17, 15) is 0 Å². The van der Waals surface area contributed by atoms with Crippen LogP contribution in [0.25, 0.3) is 0 Å². The van der Waals surface area contributed by atoms with Crippen LogP contribution in [0.15, 0.2) is 0 Å². The minimum atomic E-state index is 0.336. The van der Waals surface area contributed by atoms with Crippen LogP contribution in [0.3, 0.4) is 0 Å². The molecule has 18 heavy (non-hydrogen) atoms. The SMILES string of the molecule is CCCCNc1nc(COC)nc(OCC)c1N. The summed E-state index contributed by atoms with van der Waals surface area (Å²) in [5.41, 5.74) is 6.42. The summed E-state index contributed by atoms with van der Waals surface area (Å²) >= 11 is 0. The molecule has 0 aliphatic carbocycles. The number of methoxy groups -OCH3 is 1. The van der Waals surface area contributed by atoms with Gasteiger partial charge in [0.1, 0.15) is 12.3 Å². The molecule has 1 heterocycles. The lowest BCUT2D eigenvalue weighted by Gasteiger charge is -2.13. The predicted molar refractivity (Wildman–Crippen MR) is 71.7 cm³/mol. The molecule has 0 atom stereocenters. The third kappa shape index (κ3) is 4.03. The minimum absolute atomic E-state index is 0.336. The van der Waals surface area contributed by atoms with Gasteiger partial charge in [-0.15, -0.1) is 0 Å². The first kappa shape index (κ1) is 14.5. The standard InChI is InChI=1S/C12H22N4O2/c1-4-6-7-14-11-10(13)12(18-5-2)16-9(15-11)8-17-3/h4-8,13H2,1-3H3,(H,14,15,16). The second kappa shape index (κ2) is 7.71. The van der Waals surface area contributed by atoms with Crippen molar-refractivity contribution >= 4 is 11.5 Å². The number of rotatable bonds is 8. The maximum absolute atomic E-state index is 5.96. The summed E-state index contributed by atoms with van der Waals surface area (Å²) < 4.78 is 10.4. The second-order valence-electron chi connectivity index (χ2n) is 3.85. The number of hydrogen-bond donors (Lipinski definition) is 2. The molecule has 102 valence electrons. The van der Waals surface area contributed by atoms with Gasteiger partial charge in [0.25, 0.3) is 0 Å². The van der Waals surface area contributed by atoms with Gasteiger partial charge in [-0.2, -0.15) is 4.98 Å². The second-order valence-corrected chi connectivity index (χ2v) is 3.85. The number of nitrogens with zero attached hydrogens (tertiary/aromatic N) is 2. The Balaban J connectivity index is 2.90. The fourth-order valence-electron chi connectivity index (χ4n) is 1.45. The number of nitrogens with one attached hydrogen (secondary N) is 1. The molecule has 0 spiro atoms. The molecule has 0 fully saturated rings. The molecule has 1 aromatic rings. The van der Waals surface area contributed by atoms with Crippen molar-refractivity contribution in [1.82, 2.24) is 9.97 Å². The van der Waals surface area contributed by atoms with Crippen LogP contribution >= 0.6 is 0 Å². The average Bonchev–Trinajstić information content (AvgIpc) is 2.35. The van der Waals surface area contributed by atoms with E-state index in [4.69, 9.17) is 15.2 Å². The largest absolute Gasteiger partial charge is 0.476 e. The maximum Gasteiger partial charge on any atom is 0.242 e. The van der Waals surface area contributed by atoms with Crippen molar-refractivity contribution in [3.05, 3.63) is 5.82 Å².